The standard InChI is InChI=1S/C10H16O/c1-6(2)10(11)9-5-8(9)7-3-4-7/h6-9H,3-5H2,1-2H3/t8-,9+/m0/s1. The maximum absolute atomic E-state index is 11.4. The molecule has 2 saturated carbocycles. The molecular formula is C10H16O. The second kappa shape index (κ2) is 2.33. The molecule has 2 aliphatic carbocycles. The molecule has 0 aliphatic heterocycles. The van der Waals surface area contributed by atoms with E-state index in [0.717, 1.165) is 11.8 Å². The Morgan fingerprint density at radius 2 is 2.00 bits per heavy atom. The van der Waals surface area contributed by atoms with E-state index in [1.165, 1.54) is 19.3 Å². The number of carbonyl (C=O) groups is 1. The summed E-state index contributed by atoms with van der Waals surface area (Å²) in [5.41, 5.74) is 0. The first-order chi connectivity index (χ1) is 5.20. The molecule has 0 aromatic heterocycles. The lowest BCUT2D eigenvalue weighted by Gasteiger charge is -2.01. The second-order valence-corrected chi connectivity index (χ2v) is 4.40. The third-order valence-corrected chi connectivity index (χ3v) is 3.00. The molecule has 0 heterocycles. The molecule has 1 nitrogen and oxygen atoms in total. The molecule has 2 atom stereocenters. The van der Waals surface area contributed by atoms with E-state index in [1.54, 1.807) is 0 Å². The van der Waals surface area contributed by atoms with Crippen LogP contribution in [-0.2, 0) is 4.79 Å². The normalized spacial score (nSPS) is 35.9. The van der Waals surface area contributed by atoms with Gasteiger partial charge in [0.25, 0.3) is 0 Å². The quantitative estimate of drug-likeness (QED) is 0.606. The molecule has 2 rings (SSSR count). The first kappa shape index (κ1) is 7.33. The summed E-state index contributed by atoms with van der Waals surface area (Å²) in [6.07, 6.45) is 4.00. The fourth-order valence-corrected chi connectivity index (χ4v) is 2.02. The minimum atomic E-state index is 0.267. The number of Topliss-reactive ketones (excluding diaryl/α,β-unsaturated/α-hetero) is 1. The van der Waals surface area contributed by atoms with Crippen LogP contribution in [0.1, 0.15) is 33.1 Å². The Morgan fingerprint density at radius 1 is 1.36 bits per heavy atom. The zero-order valence-electron chi connectivity index (χ0n) is 7.34. The van der Waals surface area contributed by atoms with Crippen LogP contribution in [-0.4, -0.2) is 5.78 Å². The Balaban J connectivity index is 1.85. The van der Waals surface area contributed by atoms with Gasteiger partial charge in [0.1, 0.15) is 5.78 Å². The van der Waals surface area contributed by atoms with Gasteiger partial charge < -0.3 is 0 Å². The molecule has 0 spiro atoms. The average Bonchev–Trinajstić information content (AvgIpc) is 2.79. The first-order valence-electron chi connectivity index (χ1n) is 4.74. The van der Waals surface area contributed by atoms with Crippen LogP contribution < -0.4 is 0 Å². The molecule has 62 valence electrons. The van der Waals surface area contributed by atoms with Crippen LogP contribution in [0.4, 0.5) is 0 Å². The monoisotopic (exact) mass is 152 g/mol. The molecule has 0 aromatic carbocycles. The highest BCUT2D eigenvalue weighted by Crippen LogP contribution is 2.55. The summed E-state index contributed by atoms with van der Waals surface area (Å²) < 4.78 is 0. The molecule has 11 heavy (non-hydrogen) atoms. The maximum atomic E-state index is 11.4. The number of ketones is 1. The number of carbonyl (C=O) groups excluding carboxylic acids is 1. The molecular weight excluding hydrogens is 136 g/mol. The summed E-state index contributed by atoms with van der Waals surface area (Å²) in [4.78, 5) is 11.4. The number of hydrogen-bond donors (Lipinski definition) is 0. The second-order valence-electron chi connectivity index (χ2n) is 4.40. The molecule has 0 radical (unpaired) electrons. The van der Waals surface area contributed by atoms with E-state index in [9.17, 15) is 4.79 Å². The van der Waals surface area contributed by atoms with E-state index in [-0.39, 0.29) is 5.92 Å². The third kappa shape index (κ3) is 1.33. The summed E-state index contributed by atoms with van der Waals surface area (Å²) in [6.45, 7) is 4.04. The summed E-state index contributed by atoms with van der Waals surface area (Å²) in [6, 6.07) is 0. The third-order valence-electron chi connectivity index (χ3n) is 3.00. The molecule has 0 bridgehead atoms. The minimum absolute atomic E-state index is 0.267. The highest BCUT2D eigenvalue weighted by atomic mass is 16.1. The van der Waals surface area contributed by atoms with Gasteiger partial charge >= 0.3 is 0 Å². The lowest BCUT2D eigenvalue weighted by Crippen LogP contribution is -2.10. The van der Waals surface area contributed by atoms with E-state index in [0.29, 0.717) is 11.7 Å². The van der Waals surface area contributed by atoms with E-state index >= 15 is 0 Å². The van der Waals surface area contributed by atoms with Crippen LogP contribution in [0.3, 0.4) is 0 Å². The van der Waals surface area contributed by atoms with Crippen molar-refractivity contribution >= 4 is 5.78 Å². The van der Waals surface area contributed by atoms with E-state index in [1.807, 2.05) is 13.8 Å². The van der Waals surface area contributed by atoms with Gasteiger partial charge in [0.05, 0.1) is 0 Å². The van der Waals surface area contributed by atoms with Crippen molar-refractivity contribution in [1.29, 1.82) is 0 Å². The Bertz CT molecular complexity index is 179. The first-order valence-corrected chi connectivity index (χ1v) is 4.74. The van der Waals surface area contributed by atoms with Crippen molar-refractivity contribution < 1.29 is 4.79 Å². The molecule has 0 saturated heterocycles. The molecule has 0 unspecified atom stereocenters. The van der Waals surface area contributed by atoms with Gasteiger partial charge in [-0.3, -0.25) is 4.79 Å². The van der Waals surface area contributed by atoms with Crippen LogP contribution in [0.15, 0.2) is 0 Å². The van der Waals surface area contributed by atoms with Gasteiger partial charge in [0.2, 0.25) is 0 Å². The largest absolute Gasteiger partial charge is 0.299 e. The summed E-state index contributed by atoms with van der Waals surface area (Å²) in [5.74, 6) is 3.01. The lowest BCUT2D eigenvalue weighted by atomic mass is 10.0. The van der Waals surface area contributed by atoms with Gasteiger partial charge in [-0.25, -0.2) is 0 Å². The topological polar surface area (TPSA) is 17.1 Å². The van der Waals surface area contributed by atoms with Crippen LogP contribution in [0.5, 0.6) is 0 Å². The molecule has 1 heteroatoms. The van der Waals surface area contributed by atoms with E-state index in [2.05, 4.69) is 0 Å². The SMILES string of the molecule is CC(C)C(=O)[C@@H]1C[C@H]1C1CC1. The van der Waals surface area contributed by atoms with E-state index < -0.39 is 0 Å². The van der Waals surface area contributed by atoms with Crippen LogP contribution in [0.2, 0.25) is 0 Å². The molecule has 0 aromatic rings. The highest BCUT2D eigenvalue weighted by molar-refractivity contribution is 5.85. The van der Waals surface area contributed by atoms with Crippen LogP contribution in [0.25, 0.3) is 0 Å². The predicted molar refractivity (Wildman–Crippen MR) is 44.2 cm³/mol. The van der Waals surface area contributed by atoms with Crippen LogP contribution >= 0.6 is 0 Å². The number of rotatable bonds is 3. The van der Waals surface area contributed by atoms with Gasteiger partial charge in [-0.15, -0.1) is 0 Å². The Labute approximate surface area is 68.2 Å². The van der Waals surface area contributed by atoms with Crippen molar-refractivity contribution in [3.63, 3.8) is 0 Å². The molecule has 2 fully saturated rings. The minimum Gasteiger partial charge on any atom is -0.299 e. The smallest absolute Gasteiger partial charge is 0.138 e. The van der Waals surface area contributed by atoms with Crippen molar-refractivity contribution in [1.82, 2.24) is 0 Å². The van der Waals surface area contributed by atoms with Gasteiger partial charge in [-0.2, -0.15) is 0 Å². The maximum Gasteiger partial charge on any atom is 0.138 e. The molecule has 0 N–H and O–H groups in total. The van der Waals surface area contributed by atoms with Crippen molar-refractivity contribution in [2.75, 3.05) is 0 Å². The predicted octanol–water partition coefficient (Wildman–Crippen LogP) is 2.26. The highest BCUT2D eigenvalue weighted by Gasteiger charge is 2.50. The van der Waals surface area contributed by atoms with Crippen molar-refractivity contribution in [2.45, 2.75) is 33.1 Å². The fourth-order valence-electron chi connectivity index (χ4n) is 2.02. The summed E-state index contributed by atoms with van der Waals surface area (Å²) in [5, 5.41) is 0. The zero-order valence-corrected chi connectivity index (χ0v) is 7.34. The Hall–Kier alpha value is -0.330. The van der Waals surface area contributed by atoms with Gasteiger partial charge in [0.15, 0.2) is 0 Å². The lowest BCUT2D eigenvalue weighted by molar-refractivity contribution is -0.123. The van der Waals surface area contributed by atoms with Crippen molar-refractivity contribution in [3.8, 4) is 0 Å². The van der Waals surface area contributed by atoms with Crippen molar-refractivity contribution in [3.05, 3.63) is 0 Å². The molecule has 0 amide bonds. The van der Waals surface area contributed by atoms with Crippen LogP contribution in [0, 0.1) is 23.7 Å². The zero-order chi connectivity index (χ0) is 8.01. The average molecular weight is 152 g/mol. The number of hydrogen-bond acceptors (Lipinski definition) is 1. The Morgan fingerprint density at radius 3 is 2.45 bits per heavy atom. The van der Waals surface area contributed by atoms with Crippen molar-refractivity contribution in [2.24, 2.45) is 23.7 Å². The summed E-state index contributed by atoms with van der Waals surface area (Å²) >= 11 is 0. The van der Waals surface area contributed by atoms with Gasteiger partial charge in [0, 0.05) is 11.8 Å². The molecule has 2 aliphatic rings. The van der Waals surface area contributed by atoms with Gasteiger partial charge in [-0.05, 0) is 31.1 Å². The van der Waals surface area contributed by atoms with Gasteiger partial charge in [-0.1, -0.05) is 13.8 Å². The Kier molecular flexibility index (Phi) is 1.55. The fraction of sp³-hybridized carbons (Fsp3) is 0.900. The van der Waals surface area contributed by atoms with E-state index in [4.69, 9.17) is 0 Å². The summed E-state index contributed by atoms with van der Waals surface area (Å²) in [7, 11) is 0.